The molecule has 0 fully saturated rings. The lowest BCUT2D eigenvalue weighted by Gasteiger charge is -2.13. The highest BCUT2D eigenvalue weighted by Gasteiger charge is 2.10. The smallest absolute Gasteiger partial charge is 0.186 e. The second-order valence-corrected chi connectivity index (χ2v) is 4.21. The van der Waals surface area contributed by atoms with Crippen LogP contribution in [-0.2, 0) is 0 Å². The third-order valence-corrected chi connectivity index (χ3v) is 3.04. The van der Waals surface area contributed by atoms with Gasteiger partial charge in [-0.05, 0) is 24.6 Å². The number of benzene rings is 1. The summed E-state index contributed by atoms with van der Waals surface area (Å²) in [4.78, 5) is 0. The first-order valence-corrected chi connectivity index (χ1v) is 5.77. The molecule has 0 saturated heterocycles. The van der Waals surface area contributed by atoms with E-state index in [0.29, 0.717) is 11.0 Å². The van der Waals surface area contributed by atoms with Crippen LogP contribution >= 0.6 is 23.3 Å². The summed E-state index contributed by atoms with van der Waals surface area (Å²) in [5.74, 6) is 0.275. The van der Waals surface area contributed by atoms with E-state index >= 15 is 0 Å². The summed E-state index contributed by atoms with van der Waals surface area (Å²) in [7, 11) is 0. The van der Waals surface area contributed by atoms with Gasteiger partial charge < -0.3 is 5.32 Å². The van der Waals surface area contributed by atoms with E-state index in [2.05, 4.69) is 14.1 Å². The third-order valence-electron chi connectivity index (χ3n) is 2.15. The van der Waals surface area contributed by atoms with Gasteiger partial charge in [-0.3, -0.25) is 0 Å². The number of halogens is 2. The van der Waals surface area contributed by atoms with Crippen LogP contribution in [0.2, 0.25) is 5.15 Å². The summed E-state index contributed by atoms with van der Waals surface area (Å²) >= 11 is 6.84. The molecule has 0 aliphatic carbocycles. The van der Waals surface area contributed by atoms with Crippen molar-refractivity contribution in [3.63, 3.8) is 0 Å². The van der Waals surface area contributed by atoms with Gasteiger partial charge in [0.25, 0.3) is 0 Å². The van der Waals surface area contributed by atoms with Crippen LogP contribution in [0.5, 0.6) is 0 Å². The van der Waals surface area contributed by atoms with Crippen molar-refractivity contribution in [1.82, 2.24) is 8.75 Å². The van der Waals surface area contributed by atoms with Crippen LogP contribution in [0.3, 0.4) is 0 Å². The average Bonchev–Trinajstić information content (AvgIpc) is 2.64. The second-order valence-electron chi connectivity index (χ2n) is 3.32. The molecule has 0 radical (unpaired) electrons. The molecule has 16 heavy (non-hydrogen) atoms. The first-order chi connectivity index (χ1) is 7.66. The maximum absolute atomic E-state index is 13.0. The molecule has 2 aromatic rings. The topological polar surface area (TPSA) is 37.8 Å². The molecule has 2 rings (SSSR count). The number of aromatic nitrogens is 2. The molecule has 6 heteroatoms. The van der Waals surface area contributed by atoms with Crippen LogP contribution in [-0.4, -0.2) is 8.75 Å². The molecule has 1 aromatic carbocycles. The molecule has 3 nitrogen and oxygen atoms in total. The lowest BCUT2D eigenvalue weighted by Crippen LogP contribution is -2.07. The second kappa shape index (κ2) is 4.76. The van der Waals surface area contributed by atoms with Crippen molar-refractivity contribution in [3.8, 4) is 0 Å². The summed E-state index contributed by atoms with van der Waals surface area (Å²) in [6.07, 6.45) is 0. The Morgan fingerprint density at radius 2 is 2.25 bits per heavy atom. The zero-order chi connectivity index (χ0) is 11.5. The summed E-state index contributed by atoms with van der Waals surface area (Å²) in [5, 5.41) is 3.41. The van der Waals surface area contributed by atoms with Crippen LogP contribution in [0.25, 0.3) is 0 Å². The van der Waals surface area contributed by atoms with E-state index in [9.17, 15) is 4.39 Å². The number of hydrogen-bond acceptors (Lipinski definition) is 4. The Bertz CT molecular complexity index is 488. The van der Waals surface area contributed by atoms with Gasteiger partial charge in [0.1, 0.15) is 5.82 Å². The van der Waals surface area contributed by atoms with E-state index in [0.717, 1.165) is 17.3 Å². The zero-order valence-electron chi connectivity index (χ0n) is 8.45. The number of nitrogens with zero attached hydrogens (tertiary/aromatic N) is 2. The Balaban J connectivity index is 2.14. The van der Waals surface area contributed by atoms with Crippen molar-refractivity contribution in [3.05, 3.63) is 40.8 Å². The fourth-order valence-electron chi connectivity index (χ4n) is 1.33. The Morgan fingerprint density at radius 1 is 1.44 bits per heavy atom. The molecule has 0 spiro atoms. The van der Waals surface area contributed by atoms with E-state index in [1.807, 2.05) is 13.0 Å². The molecule has 84 valence electrons. The van der Waals surface area contributed by atoms with Gasteiger partial charge in [0, 0.05) is 0 Å². The van der Waals surface area contributed by atoms with Gasteiger partial charge in [-0.2, -0.15) is 8.75 Å². The van der Waals surface area contributed by atoms with Crippen LogP contribution in [0.4, 0.5) is 10.2 Å². The summed E-state index contributed by atoms with van der Waals surface area (Å²) in [6, 6.07) is 6.33. The normalized spacial score (nSPS) is 12.4. The minimum absolute atomic E-state index is 0.0721. The van der Waals surface area contributed by atoms with Crippen molar-refractivity contribution in [2.24, 2.45) is 0 Å². The molecule has 0 aliphatic rings. The van der Waals surface area contributed by atoms with Gasteiger partial charge in [0.15, 0.2) is 11.0 Å². The lowest BCUT2D eigenvalue weighted by atomic mass is 10.1. The van der Waals surface area contributed by atoms with E-state index in [4.69, 9.17) is 11.6 Å². The quantitative estimate of drug-likeness (QED) is 0.914. The number of rotatable bonds is 3. The van der Waals surface area contributed by atoms with Gasteiger partial charge in [0.2, 0.25) is 0 Å². The first-order valence-electron chi connectivity index (χ1n) is 4.67. The van der Waals surface area contributed by atoms with Crippen LogP contribution in [0.1, 0.15) is 18.5 Å². The maximum Gasteiger partial charge on any atom is 0.186 e. The highest BCUT2D eigenvalue weighted by atomic mass is 35.5. The standard InChI is InChI=1S/C10H9ClFN3S/c1-6(7-3-2-4-8(12)5-7)13-10-9(11)14-16-15-10/h2-6H,1H3,(H,13,15). The predicted octanol–water partition coefficient (Wildman–Crippen LogP) is 3.50. The highest BCUT2D eigenvalue weighted by Crippen LogP contribution is 2.24. The molecule has 0 aliphatic heterocycles. The highest BCUT2D eigenvalue weighted by molar-refractivity contribution is 6.99. The fourth-order valence-corrected chi connectivity index (χ4v) is 1.99. The molecule has 1 heterocycles. The number of hydrogen-bond donors (Lipinski definition) is 1. The molecular weight excluding hydrogens is 249 g/mol. The van der Waals surface area contributed by atoms with E-state index in [1.165, 1.54) is 12.1 Å². The summed E-state index contributed by atoms with van der Waals surface area (Å²) in [6.45, 7) is 1.91. The summed E-state index contributed by atoms with van der Waals surface area (Å²) < 4.78 is 20.8. The number of nitrogens with one attached hydrogen (secondary N) is 1. The molecule has 1 unspecified atom stereocenters. The van der Waals surface area contributed by atoms with Crippen molar-refractivity contribution in [2.75, 3.05) is 5.32 Å². The Morgan fingerprint density at radius 3 is 2.88 bits per heavy atom. The predicted molar refractivity (Wildman–Crippen MR) is 63.4 cm³/mol. The van der Waals surface area contributed by atoms with Gasteiger partial charge in [-0.15, -0.1) is 0 Å². The van der Waals surface area contributed by atoms with Crippen molar-refractivity contribution < 1.29 is 4.39 Å². The number of anilines is 1. The lowest BCUT2D eigenvalue weighted by molar-refractivity contribution is 0.623. The molecule has 1 aromatic heterocycles. The maximum atomic E-state index is 13.0. The largest absolute Gasteiger partial charge is 0.360 e. The molecule has 0 amide bonds. The van der Waals surface area contributed by atoms with E-state index in [-0.39, 0.29) is 11.9 Å². The minimum Gasteiger partial charge on any atom is -0.360 e. The van der Waals surface area contributed by atoms with Crippen molar-refractivity contribution in [2.45, 2.75) is 13.0 Å². The van der Waals surface area contributed by atoms with Crippen LogP contribution in [0, 0.1) is 5.82 Å². The van der Waals surface area contributed by atoms with Gasteiger partial charge >= 0.3 is 0 Å². The molecular formula is C10H9ClFN3S. The SMILES string of the molecule is CC(Nc1nsnc1Cl)c1cccc(F)c1. The third kappa shape index (κ3) is 2.48. The monoisotopic (exact) mass is 257 g/mol. The Hall–Kier alpha value is -1.20. The molecule has 1 atom stereocenters. The van der Waals surface area contributed by atoms with Crippen molar-refractivity contribution >= 4 is 29.1 Å². The van der Waals surface area contributed by atoms with Crippen LogP contribution in [0.15, 0.2) is 24.3 Å². The minimum atomic E-state index is -0.256. The van der Waals surface area contributed by atoms with E-state index in [1.54, 1.807) is 6.07 Å². The average molecular weight is 258 g/mol. The van der Waals surface area contributed by atoms with E-state index < -0.39 is 0 Å². The molecule has 1 N–H and O–H groups in total. The first kappa shape index (κ1) is 11.3. The van der Waals surface area contributed by atoms with Gasteiger partial charge in [-0.1, -0.05) is 23.7 Å². The summed E-state index contributed by atoms with van der Waals surface area (Å²) in [5.41, 5.74) is 0.837. The Kier molecular flexibility index (Phi) is 3.36. The molecule has 0 bridgehead atoms. The zero-order valence-corrected chi connectivity index (χ0v) is 10.0. The Labute approximate surface area is 102 Å². The molecule has 0 saturated carbocycles. The van der Waals surface area contributed by atoms with Gasteiger partial charge in [-0.25, -0.2) is 4.39 Å². The van der Waals surface area contributed by atoms with Crippen molar-refractivity contribution in [1.29, 1.82) is 0 Å². The fraction of sp³-hybridized carbons (Fsp3) is 0.200. The van der Waals surface area contributed by atoms with Gasteiger partial charge in [0.05, 0.1) is 17.8 Å². The van der Waals surface area contributed by atoms with Crippen LogP contribution < -0.4 is 5.32 Å².